The van der Waals surface area contributed by atoms with E-state index >= 15 is 0 Å². The highest BCUT2D eigenvalue weighted by molar-refractivity contribution is 7.94. The molecule has 4 nitrogen and oxygen atoms in total. The Hall–Kier alpha value is -2.32. The molecule has 0 aliphatic carbocycles. The highest BCUT2D eigenvalue weighted by Gasteiger charge is 2.38. The van der Waals surface area contributed by atoms with Gasteiger partial charge in [0.1, 0.15) is 0 Å². The van der Waals surface area contributed by atoms with E-state index in [1.807, 2.05) is 0 Å². The summed E-state index contributed by atoms with van der Waals surface area (Å²) in [6.07, 6.45) is -3.44. The first-order chi connectivity index (χ1) is 12.6. The van der Waals surface area contributed by atoms with Crippen LogP contribution < -0.4 is 4.90 Å². The van der Waals surface area contributed by atoms with Crippen LogP contribution in [0.5, 0.6) is 0 Å². The largest absolute Gasteiger partial charge is 0.417 e. The summed E-state index contributed by atoms with van der Waals surface area (Å²) in [7, 11) is -3.53. The molecule has 0 radical (unpaired) electrons. The molecule has 0 fully saturated rings. The molecule has 0 unspecified atom stereocenters. The van der Waals surface area contributed by atoms with Crippen LogP contribution in [0.4, 0.5) is 18.9 Å². The molecule has 0 aromatic heterocycles. The Morgan fingerprint density at radius 1 is 1.07 bits per heavy atom. The van der Waals surface area contributed by atoms with E-state index in [1.165, 1.54) is 42.5 Å². The molecule has 0 bridgehead atoms. The van der Waals surface area contributed by atoms with Crippen molar-refractivity contribution in [3.8, 4) is 0 Å². The van der Waals surface area contributed by atoms with Crippen LogP contribution >= 0.6 is 11.6 Å². The molecule has 2 aromatic carbocycles. The summed E-state index contributed by atoms with van der Waals surface area (Å²) in [6, 6.07) is 9.32. The van der Waals surface area contributed by atoms with Gasteiger partial charge in [-0.3, -0.25) is 4.79 Å². The Bertz CT molecular complexity index is 1000. The van der Waals surface area contributed by atoms with Crippen LogP contribution in [0.3, 0.4) is 0 Å². The molecule has 0 N–H and O–H groups in total. The molecule has 2 aromatic rings. The van der Waals surface area contributed by atoms with Gasteiger partial charge in [-0.05, 0) is 42.5 Å². The van der Waals surface area contributed by atoms with Crippen LogP contribution in [-0.4, -0.2) is 26.1 Å². The quantitative estimate of drug-likeness (QED) is 0.750. The number of hydrogen-bond acceptors (Lipinski definition) is 3. The van der Waals surface area contributed by atoms with Gasteiger partial charge in [-0.15, -0.1) is 0 Å². The Kier molecular flexibility index (Phi) is 5.05. The summed E-state index contributed by atoms with van der Waals surface area (Å²) in [5, 5.41) is 1.33. The zero-order chi connectivity index (χ0) is 19.8. The van der Waals surface area contributed by atoms with E-state index in [2.05, 4.69) is 0 Å². The minimum absolute atomic E-state index is 0.244. The van der Waals surface area contributed by atoms with Gasteiger partial charge in [0.2, 0.25) is 0 Å². The van der Waals surface area contributed by atoms with E-state index in [0.717, 1.165) is 22.4 Å². The SMILES string of the molecule is O=C(c1ccccc1C(F)(F)F)N(c1ccc(Cl)cc1)[C@@H]1C=CS(=O)(=O)C1. The number of sulfone groups is 1. The van der Waals surface area contributed by atoms with Crippen molar-refractivity contribution >= 4 is 33.0 Å². The number of hydrogen-bond donors (Lipinski definition) is 0. The van der Waals surface area contributed by atoms with Crippen LogP contribution in [0, 0.1) is 0 Å². The van der Waals surface area contributed by atoms with Gasteiger partial charge in [0.25, 0.3) is 5.91 Å². The molecule has 0 saturated carbocycles. The molecule has 3 rings (SSSR count). The lowest BCUT2D eigenvalue weighted by atomic mass is 10.0. The Labute approximate surface area is 158 Å². The number of amides is 1. The van der Waals surface area contributed by atoms with Crippen LogP contribution in [0.15, 0.2) is 60.0 Å². The summed E-state index contributed by atoms with van der Waals surface area (Å²) in [5.41, 5.74) is -1.40. The third kappa shape index (κ3) is 4.17. The van der Waals surface area contributed by atoms with Crippen molar-refractivity contribution in [1.29, 1.82) is 0 Å². The van der Waals surface area contributed by atoms with Crippen LogP contribution in [0.1, 0.15) is 15.9 Å². The summed E-state index contributed by atoms with van der Waals surface area (Å²) < 4.78 is 63.6. The van der Waals surface area contributed by atoms with Crippen molar-refractivity contribution in [2.45, 2.75) is 12.2 Å². The van der Waals surface area contributed by atoms with Gasteiger partial charge in [-0.25, -0.2) is 8.42 Å². The summed E-state index contributed by atoms with van der Waals surface area (Å²) in [6.45, 7) is 0. The minimum Gasteiger partial charge on any atom is -0.300 e. The topological polar surface area (TPSA) is 54.5 Å². The van der Waals surface area contributed by atoms with E-state index in [9.17, 15) is 26.4 Å². The highest BCUT2D eigenvalue weighted by atomic mass is 35.5. The molecular formula is C18H13ClF3NO3S. The molecular weight excluding hydrogens is 403 g/mol. The van der Waals surface area contributed by atoms with Crippen molar-refractivity contribution in [3.05, 3.63) is 76.2 Å². The molecule has 1 heterocycles. The Balaban J connectivity index is 2.10. The summed E-state index contributed by atoms with van der Waals surface area (Å²) >= 11 is 5.84. The van der Waals surface area contributed by atoms with E-state index in [0.29, 0.717) is 5.02 Å². The van der Waals surface area contributed by atoms with Gasteiger partial charge in [0, 0.05) is 16.1 Å². The van der Waals surface area contributed by atoms with Gasteiger partial charge < -0.3 is 4.90 Å². The minimum atomic E-state index is -4.73. The van der Waals surface area contributed by atoms with Gasteiger partial charge in [0.05, 0.1) is 22.9 Å². The Morgan fingerprint density at radius 3 is 2.26 bits per heavy atom. The molecule has 0 spiro atoms. The maximum Gasteiger partial charge on any atom is 0.417 e. The predicted octanol–water partition coefficient (Wildman–Crippen LogP) is 4.32. The first-order valence-corrected chi connectivity index (χ1v) is 9.84. The monoisotopic (exact) mass is 415 g/mol. The molecule has 0 saturated heterocycles. The first-order valence-electron chi connectivity index (χ1n) is 7.75. The van der Waals surface area contributed by atoms with Crippen molar-refractivity contribution in [2.24, 2.45) is 0 Å². The molecule has 27 heavy (non-hydrogen) atoms. The molecule has 1 aliphatic rings. The van der Waals surface area contributed by atoms with Gasteiger partial charge in [-0.1, -0.05) is 23.7 Å². The molecule has 1 atom stereocenters. The lowest BCUT2D eigenvalue weighted by Crippen LogP contribution is -2.42. The molecule has 9 heteroatoms. The summed E-state index contributed by atoms with van der Waals surface area (Å²) in [5.74, 6) is -1.35. The fourth-order valence-electron chi connectivity index (χ4n) is 2.83. The number of carbonyl (C=O) groups excluding carboxylic acids is 1. The van der Waals surface area contributed by atoms with Crippen LogP contribution in [0.25, 0.3) is 0 Å². The van der Waals surface area contributed by atoms with E-state index in [1.54, 1.807) is 0 Å². The second-order valence-electron chi connectivity index (χ2n) is 5.92. The number of halogens is 4. The van der Waals surface area contributed by atoms with E-state index in [4.69, 9.17) is 11.6 Å². The van der Waals surface area contributed by atoms with Crippen molar-refractivity contribution < 1.29 is 26.4 Å². The number of alkyl halides is 3. The van der Waals surface area contributed by atoms with Crippen LogP contribution in [-0.2, 0) is 16.0 Å². The van der Waals surface area contributed by atoms with Gasteiger partial charge in [0.15, 0.2) is 9.84 Å². The lowest BCUT2D eigenvalue weighted by Gasteiger charge is -2.29. The number of carbonyl (C=O) groups is 1. The lowest BCUT2D eigenvalue weighted by molar-refractivity contribution is -0.137. The average Bonchev–Trinajstić information content (AvgIpc) is 2.95. The smallest absolute Gasteiger partial charge is 0.300 e. The zero-order valence-corrected chi connectivity index (χ0v) is 15.2. The fraction of sp³-hybridized carbons (Fsp3) is 0.167. The van der Waals surface area contributed by atoms with Gasteiger partial charge in [-0.2, -0.15) is 13.2 Å². The normalized spacial score (nSPS) is 18.4. The second kappa shape index (κ2) is 7.01. The van der Waals surface area contributed by atoms with Crippen molar-refractivity contribution in [1.82, 2.24) is 0 Å². The number of benzene rings is 2. The average molecular weight is 416 g/mol. The first kappa shape index (κ1) is 19.4. The maximum atomic E-state index is 13.3. The molecule has 1 amide bonds. The zero-order valence-electron chi connectivity index (χ0n) is 13.7. The number of nitrogens with zero attached hydrogens (tertiary/aromatic N) is 1. The van der Waals surface area contributed by atoms with E-state index < -0.39 is 44.8 Å². The van der Waals surface area contributed by atoms with Crippen LogP contribution in [0.2, 0.25) is 5.02 Å². The standard InChI is InChI=1S/C18H13ClF3NO3S/c19-12-5-7-13(8-6-12)23(14-9-10-27(25,26)11-14)17(24)15-3-1-2-4-16(15)18(20,21)22/h1-10,14H,11H2/t14-/m1/s1. The fourth-order valence-corrected chi connectivity index (χ4v) is 4.22. The third-order valence-electron chi connectivity index (χ3n) is 4.03. The third-order valence-corrected chi connectivity index (χ3v) is 5.66. The number of rotatable bonds is 3. The molecule has 142 valence electrons. The second-order valence-corrected chi connectivity index (χ2v) is 8.29. The van der Waals surface area contributed by atoms with E-state index in [-0.39, 0.29) is 5.69 Å². The van der Waals surface area contributed by atoms with Crippen molar-refractivity contribution in [2.75, 3.05) is 10.7 Å². The maximum absolute atomic E-state index is 13.3. The van der Waals surface area contributed by atoms with Gasteiger partial charge >= 0.3 is 6.18 Å². The predicted molar refractivity (Wildman–Crippen MR) is 96.4 cm³/mol. The Morgan fingerprint density at radius 2 is 1.70 bits per heavy atom. The van der Waals surface area contributed by atoms with Crippen molar-refractivity contribution in [3.63, 3.8) is 0 Å². The molecule has 1 aliphatic heterocycles. The summed E-state index contributed by atoms with van der Waals surface area (Å²) in [4.78, 5) is 14.1. The highest BCUT2D eigenvalue weighted by Crippen LogP contribution is 2.34. The number of anilines is 1.